The Morgan fingerprint density at radius 2 is 2.12 bits per heavy atom. The van der Waals surface area contributed by atoms with Crippen LogP contribution in [0.3, 0.4) is 0 Å². The van der Waals surface area contributed by atoms with Crippen LogP contribution in [0.1, 0.15) is 46.3 Å². The molecule has 0 N–H and O–H groups in total. The first-order valence-corrected chi connectivity index (χ1v) is 9.85. The topological polar surface area (TPSA) is 32.8 Å². The standard InChI is InChI=1S/C19H30N2O2S/c1-14-5-6-16-15(11-14)12-17(24-16)18(22)21-9-7-19(23-4,8-10-21)13-20(2)3/h12,14H,5-11,13H2,1-4H3. The van der Waals surface area contributed by atoms with Crippen molar-refractivity contribution < 1.29 is 9.53 Å². The predicted molar refractivity (Wildman–Crippen MR) is 98.9 cm³/mol. The third-order valence-corrected chi connectivity index (χ3v) is 6.76. The summed E-state index contributed by atoms with van der Waals surface area (Å²) in [6.07, 6.45) is 5.36. The molecule has 2 heterocycles. The Kier molecular flexibility index (Phi) is 5.33. The van der Waals surface area contributed by atoms with Crippen molar-refractivity contribution in [2.45, 2.75) is 44.6 Å². The fourth-order valence-electron chi connectivity index (χ4n) is 4.09. The summed E-state index contributed by atoms with van der Waals surface area (Å²) in [5, 5.41) is 0. The van der Waals surface area contributed by atoms with Crippen LogP contribution in [-0.4, -0.2) is 62.1 Å². The third kappa shape index (κ3) is 3.68. The summed E-state index contributed by atoms with van der Waals surface area (Å²) in [4.78, 5) is 19.5. The zero-order chi connectivity index (χ0) is 17.3. The van der Waals surface area contributed by atoms with Crippen molar-refractivity contribution in [1.82, 2.24) is 9.80 Å². The molecule has 1 aliphatic carbocycles. The van der Waals surface area contributed by atoms with Crippen molar-refractivity contribution in [3.8, 4) is 0 Å². The Morgan fingerprint density at radius 1 is 1.42 bits per heavy atom. The average molecular weight is 351 g/mol. The molecule has 1 aliphatic heterocycles. The van der Waals surface area contributed by atoms with Crippen LogP contribution in [0, 0.1) is 5.92 Å². The summed E-state index contributed by atoms with van der Waals surface area (Å²) in [6.45, 7) is 4.80. The number of rotatable bonds is 4. The first-order chi connectivity index (χ1) is 11.4. The maximum Gasteiger partial charge on any atom is 0.263 e. The van der Waals surface area contributed by atoms with Gasteiger partial charge in [-0.15, -0.1) is 11.3 Å². The minimum atomic E-state index is -0.107. The molecule has 0 radical (unpaired) electrons. The van der Waals surface area contributed by atoms with Gasteiger partial charge in [-0.1, -0.05) is 6.92 Å². The molecule has 1 aromatic heterocycles. The summed E-state index contributed by atoms with van der Waals surface area (Å²) in [5.41, 5.74) is 1.31. The lowest BCUT2D eigenvalue weighted by molar-refractivity contribution is -0.0653. The number of piperidine rings is 1. The average Bonchev–Trinajstić information content (AvgIpc) is 2.97. The van der Waals surface area contributed by atoms with Crippen LogP contribution in [0.5, 0.6) is 0 Å². The molecule has 4 nitrogen and oxygen atoms in total. The van der Waals surface area contributed by atoms with Gasteiger partial charge in [0.15, 0.2) is 0 Å². The lowest BCUT2D eigenvalue weighted by Crippen LogP contribution is -2.52. The van der Waals surface area contributed by atoms with Crippen molar-refractivity contribution >= 4 is 17.2 Å². The minimum absolute atomic E-state index is 0.107. The van der Waals surface area contributed by atoms with Gasteiger partial charge < -0.3 is 14.5 Å². The summed E-state index contributed by atoms with van der Waals surface area (Å²) >= 11 is 1.72. The molecule has 3 rings (SSSR count). The first kappa shape index (κ1) is 17.9. The van der Waals surface area contributed by atoms with E-state index in [2.05, 4.69) is 32.0 Å². The van der Waals surface area contributed by atoms with E-state index in [4.69, 9.17) is 4.74 Å². The fourth-order valence-corrected chi connectivity index (χ4v) is 5.26. The molecular formula is C19H30N2O2S. The second-order valence-corrected chi connectivity index (χ2v) is 8.96. The monoisotopic (exact) mass is 350 g/mol. The highest BCUT2D eigenvalue weighted by Gasteiger charge is 2.37. The highest BCUT2D eigenvalue weighted by molar-refractivity contribution is 7.14. The predicted octanol–water partition coefficient (Wildman–Crippen LogP) is 3.06. The Labute approximate surface area is 149 Å². The molecule has 0 aromatic carbocycles. The molecule has 1 saturated heterocycles. The van der Waals surface area contributed by atoms with E-state index in [1.54, 1.807) is 18.4 Å². The van der Waals surface area contributed by atoms with Gasteiger partial charge in [0.25, 0.3) is 5.91 Å². The Bertz CT molecular complexity index is 588. The molecule has 1 aromatic rings. The third-order valence-electron chi connectivity index (χ3n) is 5.54. The summed E-state index contributed by atoms with van der Waals surface area (Å²) in [6, 6.07) is 2.16. The normalized spacial score (nSPS) is 23.4. The molecule has 1 amide bonds. The van der Waals surface area contributed by atoms with Crippen LogP contribution in [0.15, 0.2) is 6.07 Å². The number of carbonyl (C=O) groups excluding carboxylic acids is 1. The highest BCUT2D eigenvalue weighted by Crippen LogP contribution is 2.34. The van der Waals surface area contributed by atoms with E-state index >= 15 is 0 Å². The van der Waals surface area contributed by atoms with Crippen molar-refractivity contribution in [1.29, 1.82) is 0 Å². The Hall–Kier alpha value is -0.910. The number of likely N-dealkylation sites (tertiary alicyclic amines) is 1. The van der Waals surface area contributed by atoms with Crippen molar-refractivity contribution in [2.75, 3.05) is 40.8 Å². The number of fused-ring (bicyclic) bond motifs is 1. The lowest BCUT2D eigenvalue weighted by atomic mass is 9.89. The van der Waals surface area contributed by atoms with Gasteiger partial charge in [-0.2, -0.15) is 0 Å². The quantitative estimate of drug-likeness (QED) is 0.837. The zero-order valence-electron chi connectivity index (χ0n) is 15.4. The van der Waals surface area contributed by atoms with Gasteiger partial charge in [0.1, 0.15) is 0 Å². The smallest absolute Gasteiger partial charge is 0.263 e. The zero-order valence-corrected chi connectivity index (χ0v) is 16.2. The van der Waals surface area contributed by atoms with Crippen LogP contribution in [0.25, 0.3) is 0 Å². The Balaban J connectivity index is 1.65. The molecule has 0 saturated carbocycles. The molecular weight excluding hydrogens is 320 g/mol. The molecule has 134 valence electrons. The maximum absolute atomic E-state index is 12.9. The number of nitrogens with zero attached hydrogens (tertiary/aromatic N) is 2. The van der Waals surface area contributed by atoms with Gasteiger partial charge in [0, 0.05) is 31.6 Å². The molecule has 1 atom stereocenters. The number of carbonyl (C=O) groups is 1. The number of ether oxygens (including phenoxy) is 1. The number of thiophene rings is 1. The molecule has 1 unspecified atom stereocenters. The number of aryl methyl sites for hydroxylation is 1. The van der Waals surface area contributed by atoms with Gasteiger partial charge in [-0.05, 0) is 63.7 Å². The number of likely N-dealkylation sites (N-methyl/N-ethyl adjacent to an activating group) is 1. The van der Waals surface area contributed by atoms with Crippen molar-refractivity contribution in [3.05, 3.63) is 21.4 Å². The molecule has 0 bridgehead atoms. The van der Waals surface area contributed by atoms with Crippen molar-refractivity contribution in [3.63, 3.8) is 0 Å². The first-order valence-electron chi connectivity index (χ1n) is 9.03. The number of hydrogen-bond acceptors (Lipinski definition) is 4. The van der Waals surface area contributed by atoms with E-state index in [-0.39, 0.29) is 11.5 Å². The van der Waals surface area contributed by atoms with Crippen LogP contribution in [0.4, 0.5) is 0 Å². The molecule has 2 aliphatic rings. The summed E-state index contributed by atoms with van der Waals surface area (Å²) in [5.74, 6) is 0.968. The molecule has 0 spiro atoms. The van der Waals surface area contributed by atoms with Crippen molar-refractivity contribution in [2.24, 2.45) is 5.92 Å². The second kappa shape index (κ2) is 7.14. The van der Waals surface area contributed by atoms with Gasteiger partial charge >= 0.3 is 0 Å². The largest absolute Gasteiger partial charge is 0.377 e. The van der Waals surface area contributed by atoms with Crippen LogP contribution in [-0.2, 0) is 17.6 Å². The minimum Gasteiger partial charge on any atom is -0.377 e. The SMILES string of the molecule is COC1(CN(C)C)CCN(C(=O)c2cc3c(s2)CCC(C)C3)CC1. The number of hydrogen-bond donors (Lipinski definition) is 0. The number of methoxy groups -OCH3 is 1. The van der Waals surface area contributed by atoms with E-state index in [9.17, 15) is 4.79 Å². The van der Waals surface area contributed by atoms with E-state index in [1.807, 2.05) is 4.90 Å². The van der Waals surface area contributed by atoms with Crippen LogP contribution < -0.4 is 0 Å². The van der Waals surface area contributed by atoms with Gasteiger partial charge in [0.05, 0.1) is 10.5 Å². The highest BCUT2D eigenvalue weighted by atomic mass is 32.1. The summed E-state index contributed by atoms with van der Waals surface area (Å²) < 4.78 is 5.82. The van der Waals surface area contributed by atoms with Gasteiger partial charge in [-0.3, -0.25) is 4.79 Å². The van der Waals surface area contributed by atoms with E-state index < -0.39 is 0 Å². The lowest BCUT2D eigenvalue weighted by Gasteiger charge is -2.42. The Morgan fingerprint density at radius 3 is 2.75 bits per heavy atom. The number of amides is 1. The van der Waals surface area contributed by atoms with Gasteiger partial charge in [0.2, 0.25) is 0 Å². The fraction of sp³-hybridized carbons (Fsp3) is 0.737. The van der Waals surface area contributed by atoms with Gasteiger partial charge in [-0.25, -0.2) is 0 Å². The van der Waals surface area contributed by atoms with E-state index in [0.717, 1.165) is 56.1 Å². The molecule has 24 heavy (non-hydrogen) atoms. The van der Waals surface area contributed by atoms with Crippen LogP contribution >= 0.6 is 11.3 Å². The summed E-state index contributed by atoms with van der Waals surface area (Å²) in [7, 11) is 5.96. The van der Waals surface area contributed by atoms with Crippen LogP contribution in [0.2, 0.25) is 0 Å². The second-order valence-electron chi connectivity index (χ2n) is 7.82. The maximum atomic E-state index is 12.9. The van der Waals surface area contributed by atoms with E-state index in [0.29, 0.717) is 0 Å². The van der Waals surface area contributed by atoms with E-state index in [1.165, 1.54) is 16.9 Å². The molecule has 1 fully saturated rings. The molecule has 5 heteroatoms.